The number of ether oxygens (including phenoxy) is 1. The van der Waals surface area contributed by atoms with Gasteiger partial charge in [0.25, 0.3) is 0 Å². The van der Waals surface area contributed by atoms with E-state index in [1.165, 1.54) is 17.5 Å². The first-order valence-corrected chi connectivity index (χ1v) is 7.61. The Bertz CT molecular complexity index is 429. The zero-order valence-corrected chi connectivity index (χ0v) is 13.3. The Kier molecular flexibility index (Phi) is 5.06. The van der Waals surface area contributed by atoms with Gasteiger partial charge in [-0.3, -0.25) is 4.90 Å². The average Bonchev–Trinajstić information content (AvgIpc) is 2.66. The molecule has 3 heteroatoms. The number of rotatable bonds is 3. The summed E-state index contributed by atoms with van der Waals surface area (Å²) >= 11 is 0. The van der Waals surface area contributed by atoms with Gasteiger partial charge in [-0.25, -0.2) is 0 Å². The predicted molar refractivity (Wildman–Crippen MR) is 84.5 cm³/mol. The molecule has 2 rings (SSSR count). The molecule has 0 amide bonds. The lowest BCUT2D eigenvalue weighted by molar-refractivity contribution is 0.278. The van der Waals surface area contributed by atoms with Crippen molar-refractivity contribution >= 4 is 0 Å². The first-order valence-electron chi connectivity index (χ1n) is 7.61. The van der Waals surface area contributed by atoms with Crippen LogP contribution in [-0.2, 0) is 12.0 Å². The van der Waals surface area contributed by atoms with Crippen LogP contribution in [0, 0.1) is 0 Å². The highest BCUT2D eigenvalue weighted by molar-refractivity contribution is 5.39. The van der Waals surface area contributed by atoms with E-state index >= 15 is 0 Å². The summed E-state index contributed by atoms with van der Waals surface area (Å²) in [6, 6.07) is 6.62. The van der Waals surface area contributed by atoms with Crippen LogP contribution in [0.1, 0.15) is 38.3 Å². The molecule has 1 aliphatic heterocycles. The maximum atomic E-state index is 5.54. The summed E-state index contributed by atoms with van der Waals surface area (Å²) in [7, 11) is 1.76. The highest BCUT2D eigenvalue weighted by Crippen LogP contribution is 2.28. The fourth-order valence-corrected chi connectivity index (χ4v) is 2.67. The van der Waals surface area contributed by atoms with E-state index in [0.29, 0.717) is 0 Å². The Labute approximate surface area is 123 Å². The first-order chi connectivity index (χ1) is 9.50. The molecule has 0 unspecified atom stereocenters. The normalized spacial score (nSPS) is 17.8. The molecule has 0 radical (unpaired) electrons. The van der Waals surface area contributed by atoms with Gasteiger partial charge in [-0.05, 0) is 36.6 Å². The van der Waals surface area contributed by atoms with Crippen molar-refractivity contribution in [1.29, 1.82) is 0 Å². The maximum Gasteiger partial charge on any atom is 0.123 e. The molecule has 0 aliphatic carbocycles. The van der Waals surface area contributed by atoms with Crippen molar-refractivity contribution in [1.82, 2.24) is 10.2 Å². The van der Waals surface area contributed by atoms with Gasteiger partial charge in [0, 0.05) is 25.2 Å². The summed E-state index contributed by atoms with van der Waals surface area (Å²) in [5.74, 6) is 1.01. The van der Waals surface area contributed by atoms with Gasteiger partial charge in [-0.2, -0.15) is 0 Å². The predicted octanol–water partition coefficient (Wildman–Crippen LogP) is 2.79. The highest BCUT2D eigenvalue weighted by Gasteiger charge is 2.17. The van der Waals surface area contributed by atoms with E-state index in [-0.39, 0.29) is 5.41 Å². The third kappa shape index (κ3) is 3.97. The van der Waals surface area contributed by atoms with Crippen LogP contribution < -0.4 is 10.1 Å². The molecule has 0 bridgehead atoms. The molecule has 20 heavy (non-hydrogen) atoms. The molecular weight excluding hydrogens is 248 g/mol. The van der Waals surface area contributed by atoms with E-state index in [4.69, 9.17) is 4.74 Å². The van der Waals surface area contributed by atoms with Crippen molar-refractivity contribution in [3.05, 3.63) is 29.3 Å². The van der Waals surface area contributed by atoms with Gasteiger partial charge in [0.05, 0.1) is 7.11 Å². The van der Waals surface area contributed by atoms with Gasteiger partial charge in [0.2, 0.25) is 0 Å². The molecule has 1 heterocycles. The Hall–Kier alpha value is -1.06. The summed E-state index contributed by atoms with van der Waals surface area (Å²) in [5, 5.41) is 3.45. The van der Waals surface area contributed by atoms with Crippen molar-refractivity contribution in [3.63, 3.8) is 0 Å². The molecule has 0 spiro atoms. The van der Waals surface area contributed by atoms with Gasteiger partial charge in [0.15, 0.2) is 0 Å². The average molecular weight is 276 g/mol. The van der Waals surface area contributed by atoms with Crippen LogP contribution in [0.15, 0.2) is 18.2 Å². The van der Waals surface area contributed by atoms with E-state index in [9.17, 15) is 0 Å². The molecule has 0 saturated carbocycles. The van der Waals surface area contributed by atoms with Crippen molar-refractivity contribution in [2.45, 2.75) is 39.2 Å². The summed E-state index contributed by atoms with van der Waals surface area (Å²) in [6.07, 6.45) is 1.22. The largest absolute Gasteiger partial charge is 0.496 e. The van der Waals surface area contributed by atoms with Crippen LogP contribution in [-0.4, -0.2) is 38.2 Å². The molecule has 3 nitrogen and oxygen atoms in total. The Morgan fingerprint density at radius 1 is 1.20 bits per heavy atom. The molecule has 0 aromatic heterocycles. The monoisotopic (exact) mass is 276 g/mol. The van der Waals surface area contributed by atoms with Crippen molar-refractivity contribution < 1.29 is 4.74 Å². The van der Waals surface area contributed by atoms with Gasteiger partial charge in [-0.15, -0.1) is 0 Å². The molecule has 1 N–H and O–H groups in total. The van der Waals surface area contributed by atoms with Crippen molar-refractivity contribution in [2.75, 3.05) is 33.3 Å². The first kappa shape index (κ1) is 15.3. The molecule has 1 aromatic rings. The lowest BCUT2D eigenvalue weighted by Gasteiger charge is -2.24. The van der Waals surface area contributed by atoms with Crippen LogP contribution in [0.5, 0.6) is 5.75 Å². The Morgan fingerprint density at radius 2 is 2.00 bits per heavy atom. The molecule has 0 atom stereocenters. The number of nitrogens with one attached hydrogen (secondary N) is 1. The van der Waals surface area contributed by atoms with E-state index < -0.39 is 0 Å². The summed E-state index contributed by atoms with van der Waals surface area (Å²) in [6.45, 7) is 12.3. The molecule has 112 valence electrons. The van der Waals surface area contributed by atoms with Crippen molar-refractivity contribution in [3.8, 4) is 5.75 Å². The molecule has 1 saturated heterocycles. The van der Waals surface area contributed by atoms with Gasteiger partial charge in [0.1, 0.15) is 5.75 Å². The molecule has 1 aromatic carbocycles. The highest BCUT2D eigenvalue weighted by atomic mass is 16.5. The van der Waals surface area contributed by atoms with E-state index in [1.54, 1.807) is 7.11 Å². The van der Waals surface area contributed by atoms with Crippen LogP contribution in [0.4, 0.5) is 0 Å². The molecule has 1 fully saturated rings. The third-order valence-corrected chi connectivity index (χ3v) is 3.97. The van der Waals surface area contributed by atoms with E-state index in [2.05, 4.69) is 49.2 Å². The minimum Gasteiger partial charge on any atom is -0.496 e. The number of hydrogen-bond acceptors (Lipinski definition) is 3. The molecular formula is C17H28N2O. The minimum absolute atomic E-state index is 0.182. The Morgan fingerprint density at radius 3 is 2.70 bits per heavy atom. The second-order valence-electron chi connectivity index (χ2n) is 6.66. The topological polar surface area (TPSA) is 24.5 Å². The van der Waals surface area contributed by atoms with E-state index in [0.717, 1.165) is 38.5 Å². The van der Waals surface area contributed by atoms with Gasteiger partial charge >= 0.3 is 0 Å². The second kappa shape index (κ2) is 6.59. The number of benzene rings is 1. The van der Waals surface area contributed by atoms with Crippen molar-refractivity contribution in [2.24, 2.45) is 0 Å². The fraction of sp³-hybridized carbons (Fsp3) is 0.647. The SMILES string of the molecule is COc1ccc(C(C)(C)C)cc1CN1CCCNCC1. The quantitative estimate of drug-likeness (QED) is 0.919. The van der Waals surface area contributed by atoms with Crippen LogP contribution in [0.25, 0.3) is 0 Å². The van der Waals surface area contributed by atoms with Crippen LogP contribution >= 0.6 is 0 Å². The molecule has 1 aliphatic rings. The lowest BCUT2D eigenvalue weighted by Crippen LogP contribution is -2.28. The summed E-state index contributed by atoms with van der Waals surface area (Å²) in [4.78, 5) is 2.52. The Balaban J connectivity index is 2.19. The van der Waals surface area contributed by atoms with Crippen LogP contribution in [0.3, 0.4) is 0 Å². The summed E-state index contributed by atoms with van der Waals surface area (Å²) < 4.78 is 5.54. The number of hydrogen-bond donors (Lipinski definition) is 1. The standard InChI is InChI=1S/C17H28N2O/c1-17(2,3)15-6-7-16(20-4)14(12-15)13-19-10-5-8-18-9-11-19/h6-7,12,18H,5,8-11,13H2,1-4H3. The fourth-order valence-electron chi connectivity index (χ4n) is 2.67. The zero-order valence-electron chi connectivity index (χ0n) is 13.3. The zero-order chi connectivity index (χ0) is 14.6. The number of methoxy groups -OCH3 is 1. The minimum atomic E-state index is 0.182. The summed E-state index contributed by atoms with van der Waals surface area (Å²) in [5.41, 5.74) is 2.87. The maximum absolute atomic E-state index is 5.54. The number of nitrogens with zero attached hydrogens (tertiary/aromatic N) is 1. The lowest BCUT2D eigenvalue weighted by atomic mass is 9.86. The van der Waals surface area contributed by atoms with E-state index in [1.807, 2.05) is 0 Å². The third-order valence-electron chi connectivity index (χ3n) is 3.97. The van der Waals surface area contributed by atoms with Crippen LogP contribution in [0.2, 0.25) is 0 Å². The van der Waals surface area contributed by atoms with Gasteiger partial charge in [-0.1, -0.05) is 32.9 Å². The van der Waals surface area contributed by atoms with Gasteiger partial charge < -0.3 is 10.1 Å². The smallest absolute Gasteiger partial charge is 0.123 e. The second-order valence-corrected chi connectivity index (χ2v) is 6.66.